The van der Waals surface area contributed by atoms with Crippen molar-refractivity contribution in [2.24, 2.45) is 0 Å². The summed E-state index contributed by atoms with van der Waals surface area (Å²) in [7, 11) is -1.15. The lowest BCUT2D eigenvalue weighted by molar-refractivity contribution is 0.357. The largest absolute Gasteiger partial charge is 0.308 e. The lowest BCUT2D eigenvalue weighted by Gasteiger charge is -2.26. The zero-order chi connectivity index (χ0) is 13.8. The van der Waals surface area contributed by atoms with Crippen molar-refractivity contribution >= 4 is 13.3 Å². The van der Waals surface area contributed by atoms with Crippen molar-refractivity contribution in [3.8, 4) is 0 Å². The van der Waals surface area contributed by atoms with Crippen LogP contribution in [-0.4, -0.2) is 13.6 Å². The maximum atomic E-state index is 3.65. The van der Waals surface area contributed by atoms with Crippen LogP contribution < -0.4 is 10.5 Å². The van der Waals surface area contributed by atoms with Crippen LogP contribution >= 0.6 is 0 Å². The Morgan fingerprint density at radius 3 is 2.06 bits per heavy atom. The molecular formula is C16H29NSi. The number of nitrogens with one attached hydrogen (secondary N) is 1. The van der Waals surface area contributed by atoms with Crippen molar-refractivity contribution in [2.75, 3.05) is 0 Å². The number of benzene rings is 1. The van der Waals surface area contributed by atoms with Gasteiger partial charge in [0.05, 0.1) is 8.07 Å². The second-order valence-electron chi connectivity index (χ2n) is 6.93. The SMILES string of the molecule is CCCC(C)(C)NCc1ccc([Si](C)(C)C)cc1. The van der Waals surface area contributed by atoms with E-state index in [-0.39, 0.29) is 5.54 Å². The van der Waals surface area contributed by atoms with Crippen LogP contribution in [0, 0.1) is 0 Å². The molecule has 0 bridgehead atoms. The van der Waals surface area contributed by atoms with Gasteiger partial charge in [0.15, 0.2) is 0 Å². The molecule has 102 valence electrons. The first kappa shape index (κ1) is 15.5. The van der Waals surface area contributed by atoms with Gasteiger partial charge in [-0.3, -0.25) is 0 Å². The van der Waals surface area contributed by atoms with Crippen molar-refractivity contribution < 1.29 is 0 Å². The Hall–Kier alpha value is -0.603. The molecule has 0 heterocycles. The van der Waals surface area contributed by atoms with Gasteiger partial charge in [-0.1, -0.05) is 62.4 Å². The van der Waals surface area contributed by atoms with Crippen molar-refractivity contribution in [3.63, 3.8) is 0 Å². The van der Waals surface area contributed by atoms with Crippen LogP contribution in [0.15, 0.2) is 24.3 Å². The van der Waals surface area contributed by atoms with Gasteiger partial charge < -0.3 is 5.32 Å². The summed E-state index contributed by atoms with van der Waals surface area (Å²) >= 11 is 0. The van der Waals surface area contributed by atoms with Gasteiger partial charge in [0.2, 0.25) is 0 Å². The van der Waals surface area contributed by atoms with Gasteiger partial charge in [-0.05, 0) is 25.8 Å². The summed E-state index contributed by atoms with van der Waals surface area (Å²) in [5.74, 6) is 0. The highest BCUT2D eigenvalue weighted by Crippen LogP contribution is 2.12. The minimum atomic E-state index is -1.15. The molecule has 0 amide bonds. The van der Waals surface area contributed by atoms with Crippen LogP contribution in [0.4, 0.5) is 0 Å². The lowest BCUT2D eigenvalue weighted by atomic mass is 9.98. The van der Waals surface area contributed by atoms with Gasteiger partial charge in [-0.2, -0.15) is 0 Å². The third-order valence-corrected chi connectivity index (χ3v) is 5.53. The Labute approximate surface area is 114 Å². The van der Waals surface area contributed by atoms with E-state index >= 15 is 0 Å². The highest BCUT2D eigenvalue weighted by molar-refractivity contribution is 6.88. The summed E-state index contributed by atoms with van der Waals surface area (Å²) < 4.78 is 0. The predicted molar refractivity (Wildman–Crippen MR) is 85.2 cm³/mol. The highest BCUT2D eigenvalue weighted by Gasteiger charge is 2.17. The molecule has 1 N–H and O–H groups in total. The summed E-state index contributed by atoms with van der Waals surface area (Å²) in [4.78, 5) is 0. The molecular weight excluding hydrogens is 234 g/mol. The third kappa shape index (κ3) is 4.95. The molecule has 0 saturated heterocycles. The van der Waals surface area contributed by atoms with Gasteiger partial charge >= 0.3 is 0 Å². The number of hydrogen-bond acceptors (Lipinski definition) is 1. The van der Waals surface area contributed by atoms with Crippen LogP contribution in [0.25, 0.3) is 0 Å². The van der Waals surface area contributed by atoms with E-state index in [1.165, 1.54) is 18.4 Å². The highest BCUT2D eigenvalue weighted by atomic mass is 28.3. The fourth-order valence-electron chi connectivity index (χ4n) is 2.18. The first-order chi connectivity index (χ1) is 8.24. The van der Waals surface area contributed by atoms with E-state index < -0.39 is 8.07 Å². The smallest absolute Gasteiger partial charge is 0.0775 e. The third-order valence-electron chi connectivity index (χ3n) is 3.47. The normalized spacial score (nSPS) is 12.8. The monoisotopic (exact) mass is 263 g/mol. The summed E-state index contributed by atoms with van der Waals surface area (Å²) in [6.07, 6.45) is 2.45. The van der Waals surface area contributed by atoms with E-state index in [1.54, 1.807) is 5.19 Å². The fourth-order valence-corrected chi connectivity index (χ4v) is 3.34. The van der Waals surface area contributed by atoms with Crippen molar-refractivity contribution in [2.45, 2.75) is 65.3 Å². The molecule has 0 fully saturated rings. The van der Waals surface area contributed by atoms with E-state index in [4.69, 9.17) is 0 Å². The van der Waals surface area contributed by atoms with Crippen molar-refractivity contribution in [1.82, 2.24) is 5.32 Å². The van der Waals surface area contributed by atoms with Crippen molar-refractivity contribution in [1.29, 1.82) is 0 Å². The first-order valence-corrected chi connectivity index (χ1v) is 10.6. The Morgan fingerprint density at radius 2 is 1.61 bits per heavy atom. The van der Waals surface area contributed by atoms with Crippen molar-refractivity contribution in [3.05, 3.63) is 29.8 Å². The Bertz CT molecular complexity index is 360. The maximum absolute atomic E-state index is 3.65. The maximum Gasteiger partial charge on any atom is 0.0775 e. The molecule has 0 aromatic heterocycles. The Morgan fingerprint density at radius 1 is 1.06 bits per heavy atom. The molecule has 0 radical (unpaired) electrons. The Balaban J connectivity index is 2.60. The molecule has 18 heavy (non-hydrogen) atoms. The van der Waals surface area contributed by atoms with Crippen LogP contribution in [0.2, 0.25) is 19.6 Å². The van der Waals surface area contributed by atoms with Crippen LogP contribution in [0.3, 0.4) is 0 Å². The topological polar surface area (TPSA) is 12.0 Å². The number of hydrogen-bond donors (Lipinski definition) is 1. The summed E-state index contributed by atoms with van der Waals surface area (Å²) in [6, 6.07) is 9.19. The molecule has 0 spiro atoms. The minimum absolute atomic E-state index is 0.242. The van der Waals surface area contributed by atoms with Gasteiger partial charge in [-0.15, -0.1) is 0 Å². The van der Waals surface area contributed by atoms with Crippen LogP contribution in [-0.2, 0) is 6.54 Å². The molecule has 0 unspecified atom stereocenters. The minimum Gasteiger partial charge on any atom is -0.308 e. The molecule has 0 atom stereocenters. The van der Waals surface area contributed by atoms with E-state index in [2.05, 4.69) is 70.0 Å². The standard InChI is InChI=1S/C16H29NSi/c1-7-12-16(2,3)17-13-14-8-10-15(11-9-14)18(4,5)6/h8-11,17H,7,12-13H2,1-6H3. The zero-order valence-corrected chi connectivity index (χ0v) is 13.9. The van der Waals surface area contributed by atoms with Gasteiger partial charge in [-0.25, -0.2) is 0 Å². The summed E-state index contributed by atoms with van der Waals surface area (Å²) in [5.41, 5.74) is 1.63. The van der Waals surface area contributed by atoms with E-state index in [0.717, 1.165) is 6.54 Å². The van der Waals surface area contributed by atoms with Gasteiger partial charge in [0, 0.05) is 12.1 Å². The zero-order valence-electron chi connectivity index (χ0n) is 12.9. The van der Waals surface area contributed by atoms with E-state index in [1.807, 2.05) is 0 Å². The quantitative estimate of drug-likeness (QED) is 0.768. The molecule has 0 aliphatic heterocycles. The molecule has 1 rings (SSSR count). The molecule has 1 aromatic rings. The van der Waals surface area contributed by atoms with Gasteiger partial charge in [0.25, 0.3) is 0 Å². The second-order valence-corrected chi connectivity index (χ2v) is 12.0. The molecule has 2 heteroatoms. The van der Waals surface area contributed by atoms with Crippen LogP contribution in [0.5, 0.6) is 0 Å². The molecule has 1 nitrogen and oxygen atoms in total. The second kappa shape index (κ2) is 6.03. The molecule has 0 aliphatic rings. The summed E-state index contributed by atoms with van der Waals surface area (Å²) in [5, 5.41) is 5.19. The van der Waals surface area contributed by atoms with E-state index in [0.29, 0.717) is 0 Å². The van der Waals surface area contributed by atoms with Crippen LogP contribution in [0.1, 0.15) is 39.2 Å². The molecule has 0 saturated carbocycles. The average Bonchev–Trinajstić information content (AvgIpc) is 2.26. The number of rotatable bonds is 6. The lowest BCUT2D eigenvalue weighted by Crippen LogP contribution is -2.39. The predicted octanol–water partition coefficient (Wildman–Crippen LogP) is 3.90. The fraction of sp³-hybridized carbons (Fsp3) is 0.625. The average molecular weight is 264 g/mol. The molecule has 0 aliphatic carbocycles. The van der Waals surface area contributed by atoms with E-state index in [9.17, 15) is 0 Å². The first-order valence-electron chi connectivity index (χ1n) is 7.09. The molecule has 1 aromatic carbocycles. The van der Waals surface area contributed by atoms with Gasteiger partial charge in [0.1, 0.15) is 0 Å². The summed E-state index contributed by atoms with van der Waals surface area (Å²) in [6.45, 7) is 15.0. The Kier molecular flexibility index (Phi) is 5.17.